The molecule has 4 N–H and O–H groups in total. The molecule has 0 radical (unpaired) electrons. The Morgan fingerprint density at radius 2 is 2.28 bits per heavy atom. The summed E-state index contributed by atoms with van der Waals surface area (Å²) >= 11 is 0. The number of carboxylic acids is 1. The Balaban J connectivity index is 2.58. The molecule has 0 aromatic carbocycles. The molecule has 7 nitrogen and oxygen atoms in total. The van der Waals surface area contributed by atoms with Gasteiger partial charge in [-0.15, -0.1) is 0 Å². The topological polar surface area (TPSA) is 107 Å². The van der Waals surface area contributed by atoms with Crippen molar-refractivity contribution in [2.45, 2.75) is 19.4 Å². The van der Waals surface area contributed by atoms with Crippen molar-refractivity contribution in [3.05, 3.63) is 18.2 Å². The fourth-order valence-corrected chi connectivity index (χ4v) is 1.53. The van der Waals surface area contributed by atoms with E-state index in [9.17, 15) is 9.59 Å². The number of nitrogens with one attached hydrogen (secondary N) is 3. The van der Waals surface area contributed by atoms with Crippen LogP contribution in [0.4, 0.5) is 0 Å². The molecule has 1 aromatic heterocycles. The highest BCUT2D eigenvalue weighted by molar-refractivity contribution is 5.85. The summed E-state index contributed by atoms with van der Waals surface area (Å²) in [5.41, 5.74) is 0.670. The average molecular weight is 254 g/mol. The van der Waals surface area contributed by atoms with Gasteiger partial charge in [-0.3, -0.25) is 4.79 Å². The maximum atomic E-state index is 11.7. The number of carbonyl (C=O) groups excluding carboxylic acids is 1. The second kappa shape index (κ2) is 6.75. The minimum atomic E-state index is -1.06. The number of nitrogens with zero attached hydrogens (tertiary/aromatic N) is 1. The van der Waals surface area contributed by atoms with Crippen molar-refractivity contribution < 1.29 is 14.7 Å². The quantitative estimate of drug-likeness (QED) is 0.518. The first-order chi connectivity index (χ1) is 8.54. The van der Waals surface area contributed by atoms with Crippen LogP contribution in [0.5, 0.6) is 0 Å². The zero-order valence-electron chi connectivity index (χ0n) is 10.4. The van der Waals surface area contributed by atoms with Gasteiger partial charge in [0.05, 0.1) is 6.33 Å². The number of H-pyrrole nitrogens is 1. The summed E-state index contributed by atoms with van der Waals surface area (Å²) in [6.07, 6.45) is 3.20. The number of aromatic nitrogens is 2. The monoisotopic (exact) mass is 254 g/mol. The molecular weight excluding hydrogens is 236 g/mol. The molecule has 1 heterocycles. The van der Waals surface area contributed by atoms with Crippen LogP contribution in [0, 0.1) is 5.92 Å². The summed E-state index contributed by atoms with van der Waals surface area (Å²) in [7, 11) is 1.74. The van der Waals surface area contributed by atoms with Crippen molar-refractivity contribution in [1.29, 1.82) is 0 Å². The van der Waals surface area contributed by atoms with E-state index in [1.807, 2.05) is 0 Å². The van der Waals surface area contributed by atoms with Crippen LogP contribution in [0.15, 0.2) is 12.5 Å². The number of aliphatic carboxylic acids is 1. The van der Waals surface area contributed by atoms with Gasteiger partial charge in [-0.25, -0.2) is 9.78 Å². The number of hydrogen-bond acceptors (Lipinski definition) is 4. The van der Waals surface area contributed by atoms with Crippen molar-refractivity contribution in [2.75, 3.05) is 13.6 Å². The first-order valence-corrected chi connectivity index (χ1v) is 5.69. The Hall–Kier alpha value is -1.89. The molecular formula is C11H18N4O3. The highest BCUT2D eigenvalue weighted by atomic mass is 16.4. The molecule has 2 unspecified atom stereocenters. The summed E-state index contributed by atoms with van der Waals surface area (Å²) in [4.78, 5) is 29.4. The van der Waals surface area contributed by atoms with Gasteiger partial charge >= 0.3 is 5.97 Å². The average Bonchev–Trinajstić information content (AvgIpc) is 2.81. The molecule has 0 aliphatic carbocycles. The lowest BCUT2D eigenvalue weighted by atomic mass is 10.1. The molecule has 1 amide bonds. The van der Waals surface area contributed by atoms with Crippen LogP contribution < -0.4 is 10.6 Å². The van der Waals surface area contributed by atoms with Crippen LogP contribution in [0.25, 0.3) is 0 Å². The molecule has 18 heavy (non-hydrogen) atoms. The van der Waals surface area contributed by atoms with Crippen LogP contribution in [0.2, 0.25) is 0 Å². The predicted octanol–water partition coefficient (Wildman–Crippen LogP) is -0.623. The summed E-state index contributed by atoms with van der Waals surface area (Å²) in [5.74, 6) is -1.62. The molecule has 0 saturated carbocycles. The fraction of sp³-hybridized carbons (Fsp3) is 0.545. The summed E-state index contributed by atoms with van der Waals surface area (Å²) in [6.45, 7) is 2.24. The third-order valence-corrected chi connectivity index (χ3v) is 2.55. The number of amides is 1. The lowest BCUT2D eigenvalue weighted by Gasteiger charge is -2.17. The lowest BCUT2D eigenvalue weighted by Crippen LogP contribution is -2.46. The SMILES string of the molecule is CNCC(C)C(=O)NC(Cc1cnc[nH]1)C(=O)O. The van der Waals surface area contributed by atoms with E-state index >= 15 is 0 Å². The Morgan fingerprint density at radius 1 is 1.56 bits per heavy atom. The normalized spacial score (nSPS) is 13.9. The molecule has 7 heteroatoms. The van der Waals surface area contributed by atoms with E-state index in [1.54, 1.807) is 20.2 Å². The molecule has 0 fully saturated rings. The largest absolute Gasteiger partial charge is 0.480 e. The Kier molecular flexibility index (Phi) is 5.31. The van der Waals surface area contributed by atoms with E-state index in [-0.39, 0.29) is 18.2 Å². The molecule has 0 spiro atoms. The lowest BCUT2D eigenvalue weighted by molar-refractivity contribution is -0.142. The molecule has 1 aromatic rings. The van der Waals surface area contributed by atoms with Gasteiger partial charge in [0.25, 0.3) is 0 Å². The van der Waals surface area contributed by atoms with E-state index in [0.717, 1.165) is 0 Å². The van der Waals surface area contributed by atoms with Crippen molar-refractivity contribution in [1.82, 2.24) is 20.6 Å². The molecule has 0 aliphatic heterocycles. The molecule has 100 valence electrons. The van der Waals surface area contributed by atoms with Crippen molar-refractivity contribution in [2.24, 2.45) is 5.92 Å². The molecule has 0 saturated heterocycles. The van der Waals surface area contributed by atoms with Crippen LogP contribution in [-0.4, -0.2) is 46.6 Å². The minimum absolute atomic E-state index is 0.188. The van der Waals surface area contributed by atoms with E-state index in [2.05, 4.69) is 20.6 Å². The predicted molar refractivity (Wildman–Crippen MR) is 64.9 cm³/mol. The summed E-state index contributed by atoms with van der Waals surface area (Å²) in [5, 5.41) is 14.5. The van der Waals surface area contributed by atoms with Gasteiger partial charge in [-0.1, -0.05) is 6.92 Å². The minimum Gasteiger partial charge on any atom is -0.480 e. The number of hydrogen-bond donors (Lipinski definition) is 4. The Labute approximate surface area is 105 Å². The second-order valence-electron chi connectivity index (χ2n) is 4.14. The van der Waals surface area contributed by atoms with Gasteiger partial charge in [0.1, 0.15) is 6.04 Å². The molecule has 0 aliphatic rings. The zero-order chi connectivity index (χ0) is 13.5. The van der Waals surface area contributed by atoms with Crippen molar-refractivity contribution in [3.63, 3.8) is 0 Å². The molecule has 0 bridgehead atoms. The smallest absolute Gasteiger partial charge is 0.326 e. The number of carboxylic acid groups (broad SMARTS) is 1. The Morgan fingerprint density at radius 3 is 2.78 bits per heavy atom. The third kappa shape index (κ3) is 4.17. The molecule has 1 rings (SSSR count). The van der Waals surface area contributed by atoms with Crippen LogP contribution in [-0.2, 0) is 16.0 Å². The zero-order valence-corrected chi connectivity index (χ0v) is 10.4. The third-order valence-electron chi connectivity index (χ3n) is 2.55. The Bertz CT molecular complexity index is 391. The van der Waals surface area contributed by atoms with Crippen LogP contribution in [0.1, 0.15) is 12.6 Å². The first kappa shape index (κ1) is 14.2. The van der Waals surface area contributed by atoms with Crippen LogP contribution >= 0.6 is 0 Å². The number of rotatable bonds is 7. The van der Waals surface area contributed by atoms with Gasteiger partial charge < -0.3 is 20.7 Å². The van der Waals surface area contributed by atoms with E-state index in [4.69, 9.17) is 5.11 Å². The summed E-state index contributed by atoms with van der Waals surface area (Å²) < 4.78 is 0. The number of aromatic amines is 1. The summed E-state index contributed by atoms with van der Waals surface area (Å²) in [6, 6.07) is -0.947. The second-order valence-corrected chi connectivity index (χ2v) is 4.14. The number of imidazole rings is 1. The van der Waals surface area contributed by atoms with E-state index in [1.165, 1.54) is 6.33 Å². The first-order valence-electron chi connectivity index (χ1n) is 5.69. The van der Waals surface area contributed by atoms with E-state index < -0.39 is 12.0 Å². The highest BCUT2D eigenvalue weighted by Crippen LogP contribution is 2.01. The van der Waals surface area contributed by atoms with Gasteiger partial charge in [0.15, 0.2) is 0 Å². The fourth-order valence-electron chi connectivity index (χ4n) is 1.53. The van der Waals surface area contributed by atoms with Crippen molar-refractivity contribution in [3.8, 4) is 0 Å². The number of carbonyl (C=O) groups is 2. The van der Waals surface area contributed by atoms with Gasteiger partial charge in [0.2, 0.25) is 5.91 Å². The highest BCUT2D eigenvalue weighted by Gasteiger charge is 2.23. The van der Waals surface area contributed by atoms with Gasteiger partial charge in [0, 0.05) is 30.8 Å². The van der Waals surface area contributed by atoms with Gasteiger partial charge in [-0.05, 0) is 7.05 Å². The van der Waals surface area contributed by atoms with E-state index in [0.29, 0.717) is 12.2 Å². The maximum absolute atomic E-state index is 11.7. The maximum Gasteiger partial charge on any atom is 0.326 e. The van der Waals surface area contributed by atoms with Crippen molar-refractivity contribution >= 4 is 11.9 Å². The standard InChI is InChI=1S/C11H18N4O3/c1-7(4-12-2)10(16)15-9(11(17)18)3-8-5-13-6-14-8/h5-7,9,12H,3-4H2,1-2H3,(H,13,14)(H,15,16)(H,17,18). The molecule has 2 atom stereocenters. The van der Waals surface area contributed by atoms with Crippen LogP contribution in [0.3, 0.4) is 0 Å². The van der Waals surface area contributed by atoms with Gasteiger partial charge in [-0.2, -0.15) is 0 Å².